The summed E-state index contributed by atoms with van der Waals surface area (Å²) in [5.74, 6) is 0. The predicted molar refractivity (Wildman–Crippen MR) is 81.4 cm³/mol. The van der Waals surface area contributed by atoms with Crippen molar-refractivity contribution in [1.29, 1.82) is 0 Å². The van der Waals surface area contributed by atoms with Gasteiger partial charge in [-0.15, -0.1) is 0 Å². The predicted octanol–water partition coefficient (Wildman–Crippen LogP) is 2.04. The van der Waals surface area contributed by atoms with E-state index in [1.54, 1.807) is 4.31 Å². The van der Waals surface area contributed by atoms with Crippen LogP contribution in [0.1, 0.15) is 32.6 Å². The van der Waals surface area contributed by atoms with E-state index >= 15 is 0 Å². The lowest BCUT2D eigenvalue weighted by Crippen LogP contribution is -2.43. The van der Waals surface area contributed by atoms with Gasteiger partial charge in [-0.05, 0) is 43.5 Å². The molecule has 0 aromatic heterocycles. The average molecular weight is 331 g/mol. The highest BCUT2D eigenvalue weighted by molar-refractivity contribution is 7.90. The Morgan fingerprint density at radius 2 is 1.62 bits per heavy atom. The highest BCUT2D eigenvalue weighted by atomic mass is 32.2. The number of benzene rings is 1. The van der Waals surface area contributed by atoms with Crippen molar-refractivity contribution in [2.24, 2.45) is 0 Å². The molecule has 1 aromatic rings. The molecule has 5 nitrogen and oxygen atoms in total. The summed E-state index contributed by atoms with van der Waals surface area (Å²) >= 11 is 0. The van der Waals surface area contributed by atoms with E-state index < -0.39 is 19.9 Å². The fourth-order valence-corrected chi connectivity index (χ4v) is 5.09. The molecule has 1 saturated heterocycles. The number of hydrogen-bond donors (Lipinski definition) is 0. The van der Waals surface area contributed by atoms with Gasteiger partial charge in [-0.3, -0.25) is 0 Å². The second-order valence-electron chi connectivity index (χ2n) is 5.42. The highest BCUT2D eigenvalue weighted by Gasteiger charge is 2.32. The molecule has 7 heteroatoms. The zero-order chi connectivity index (χ0) is 15.7. The van der Waals surface area contributed by atoms with E-state index in [-0.39, 0.29) is 15.8 Å². The molecule has 118 valence electrons. The van der Waals surface area contributed by atoms with Crippen LogP contribution in [-0.2, 0) is 19.9 Å². The van der Waals surface area contributed by atoms with Crippen LogP contribution in [0.5, 0.6) is 0 Å². The van der Waals surface area contributed by atoms with Gasteiger partial charge in [0.1, 0.15) is 0 Å². The van der Waals surface area contributed by atoms with Gasteiger partial charge in [0.15, 0.2) is 9.84 Å². The zero-order valence-electron chi connectivity index (χ0n) is 12.3. The topological polar surface area (TPSA) is 71.5 Å². The van der Waals surface area contributed by atoms with Crippen molar-refractivity contribution in [2.45, 2.75) is 48.4 Å². The van der Waals surface area contributed by atoms with Crippen LogP contribution < -0.4 is 0 Å². The molecule has 1 fully saturated rings. The molecule has 0 unspecified atom stereocenters. The highest BCUT2D eigenvalue weighted by Crippen LogP contribution is 2.27. The van der Waals surface area contributed by atoms with Gasteiger partial charge in [-0.1, -0.05) is 13.3 Å². The zero-order valence-corrected chi connectivity index (χ0v) is 14.0. The maximum absolute atomic E-state index is 12.7. The van der Waals surface area contributed by atoms with Crippen molar-refractivity contribution in [3.8, 4) is 0 Å². The van der Waals surface area contributed by atoms with Gasteiger partial charge in [0.2, 0.25) is 10.0 Å². The molecule has 1 aliphatic heterocycles. The van der Waals surface area contributed by atoms with Gasteiger partial charge in [-0.25, -0.2) is 16.8 Å². The number of sulfone groups is 1. The molecular formula is C14H21NO4S2. The summed E-state index contributed by atoms with van der Waals surface area (Å²) in [7, 11) is -6.86. The Morgan fingerprint density at radius 3 is 2.14 bits per heavy atom. The molecule has 0 radical (unpaired) electrons. The molecule has 0 amide bonds. The van der Waals surface area contributed by atoms with Gasteiger partial charge in [0, 0.05) is 18.8 Å². The van der Waals surface area contributed by atoms with Crippen molar-refractivity contribution in [1.82, 2.24) is 4.31 Å². The van der Waals surface area contributed by atoms with Crippen molar-refractivity contribution >= 4 is 19.9 Å². The van der Waals surface area contributed by atoms with Crippen molar-refractivity contribution < 1.29 is 16.8 Å². The third-order valence-electron chi connectivity index (χ3n) is 3.90. The maximum Gasteiger partial charge on any atom is 0.243 e. The van der Waals surface area contributed by atoms with Crippen molar-refractivity contribution in [3.63, 3.8) is 0 Å². The third-order valence-corrected chi connectivity index (χ3v) is 7.00. The van der Waals surface area contributed by atoms with E-state index in [1.807, 2.05) is 6.92 Å². The summed E-state index contributed by atoms with van der Waals surface area (Å²) in [6.07, 6.45) is 4.71. The molecule has 21 heavy (non-hydrogen) atoms. The Bertz CT molecular complexity index is 693. The molecule has 2 rings (SSSR count). The first kappa shape index (κ1) is 16.5. The minimum absolute atomic E-state index is 0.0401. The Hall–Kier alpha value is -0.920. The standard InChI is InChI=1S/C14H21NO4S2/c1-3-12-6-4-5-11-15(12)21(18,19)14-9-7-13(8-10-14)20(2,16)17/h7-10,12H,3-6,11H2,1-2H3/t12-/m1/s1. The number of hydrogen-bond acceptors (Lipinski definition) is 4. The first-order chi connectivity index (χ1) is 9.76. The second-order valence-corrected chi connectivity index (χ2v) is 9.32. The molecule has 0 N–H and O–H groups in total. The number of sulfonamides is 1. The lowest BCUT2D eigenvalue weighted by molar-refractivity contribution is 0.246. The smallest absolute Gasteiger partial charge is 0.224 e. The Balaban J connectivity index is 2.35. The Morgan fingerprint density at radius 1 is 1.05 bits per heavy atom. The number of nitrogens with zero attached hydrogens (tertiary/aromatic N) is 1. The van der Waals surface area contributed by atoms with Gasteiger partial charge < -0.3 is 0 Å². The van der Waals surface area contributed by atoms with Crippen LogP contribution in [0.15, 0.2) is 34.1 Å². The summed E-state index contributed by atoms with van der Waals surface area (Å²) in [4.78, 5) is 0.294. The fraction of sp³-hybridized carbons (Fsp3) is 0.571. The van der Waals surface area contributed by atoms with E-state index in [0.717, 1.165) is 31.9 Å². The number of piperidine rings is 1. The average Bonchev–Trinajstić information content (AvgIpc) is 2.46. The minimum Gasteiger partial charge on any atom is -0.224 e. The molecule has 0 bridgehead atoms. The van der Waals surface area contributed by atoms with Crippen LogP contribution in [-0.4, -0.2) is 40.0 Å². The lowest BCUT2D eigenvalue weighted by Gasteiger charge is -2.34. The van der Waals surface area contributed by atoms with Crippen LogP contribution in [0.4, 0.5) is 0 Å². The normalized spacial score (nSPS) is 21.3. The Kier molecular flexibility index (Phi) is 4.75. The first-order valence-corrected chi connectivity index (χ1v) is 10.4. The molecular weight excluding hydrogens is 310 g/mol. The quantitative estimate of drug-likeness (QED) is 0.846. The summed E-state index contributed by atoms with van der Waals surface area (Å²) in [6, 6.07) is 5.51. The third kappa shape index (κ3) is 3.46. The van der Waals surface area contributed by atoms with Gasteiger partial charge >= 0.3 is 0 Å². The van der Waals surface area contributed by atoms with Gasteiger partial charge in [0.25, 0.3) is 0 Å². The second kappa shape index (κ2) is 6.06. The molecule has 0 saturated carbocycles. The maximum atomic E-state index is 12.7. The molecule has 1 heterocycles. The SMILES string of the molecule is CC[C@@H]1CCCCN1S(=O)(=O)c1ccc(S(C)(=O)=O)cc1. The number of rotatable bonds is 4. The van der Waals surface area contributed by atoms with Crippen molar-refractivity contribution in [2.75, 3.05) is 12.8 Å². The van der Waals surface area contributed by atoms with E-state index in [0.29, 0.717) is 6.54 Å². The first-order valence-electron chi connectivity index (χ1n) is 7.09. The van der Waals surface area contributed by atoms with E-state index in [4.69, 9.17) is 0 Å². The lowest BCUT2D eigenvalue weighted by atomic mass is 10.0. The largest absolute Gasteiger partial charge is 0.243 e. The summed E-state index contributed by atoms with van der Waals surface area (Å²) in [6.45, 7) is 2.53. The monoisotopic (exact) mass is 331 g/mol. The van der Waals surface area contributed by atoms with E-state index in [2.05, 4.69) is 0 Å². The Labute approximate surface area is 126 Å². The van der Waals surface area contributed by atoms with Crippen LogP contribution >= 0.6 is 0 Å². The van der Waals surface area contributed by atoms with E-state index in [1.165, 1.54) is 24.3 Å². The van der Waals surface area contributed by atoms with Crippen LogP contribution in [0.2, 0.25) is 0 Å². The summed E-state index contributed by atoms with van der Waals surface area (Å²) in [5.41, 5.74) is 0. The summed E-state index contributed by atoms with van der Waals surface area (Å²) < 4.78 is 49.8. The molecule has 0 aliphatic carbocycles. The van der Waals surface area contributed by atoms with Gasteiger partial charge in [0.05, 0.1) is 9.79 Å². The van der Waals surface area contributed by atoms with Crippen LogP contribution in [0.25, 0.3) is 0 Å². The molecule has 1 aromatic carbocycles. The fourth-order valence-electron chi connectivity index (χ4n) is 2.69. The van der Waals surface area contributed by atoms with Gasteiger partial charge in [-0.2, -0.15) is 4.31 Å². The summed E-state index contributed by atoms with van der Waals surface area (Å²) in [5, 5.41) is 0. The van der Waals surface area contributed by atoms with Crippen LogP contribution in [0.3, 0.4) is 0 Å². The molecule has 0 spiro atoms. The minimum atomic E-state index is -3.55. The van der Waals surface area contributed by atoms with Crippen molar-refractivity contribution in [3.05, 3.63) is 24.3 Å². The van der Waals surface area contributed by atoms with E-state index in [9.17, 15) is 16.8 Å². The van der Waals surface area contributed by atoms with Crippen LogP contribution in [0, 0.1) is 0 Å². The molecule has 1 atom stereocenters. The molecule has 1 aliphatic rings.